The first-order chi connectivity index (χ1) is 11.0. The first kappa shape index (κ1) is 15.9. The third-order valence-corrected chi connectivity index (χ3v) is 4.59. The molecule has 1 aliphatic heterocycles. The highest BCUT2D eigenvalue weighted by molar-refractivity contribution is 6.32. The molecule has 1 atom stereocenters. The van der Waals surface area contributed by atoms with Crippen molar-refractivity contribution < 1.29 is 9.53 Å². The Kier molecular flexibility index (Phi) is 4.31. The van der Waals surface area contributed by atoms with Crippen molar-refractivity contribution in [2.75, 3.05) is 13.1 Å². The average molecular weight is 334 g/mol. The van der Waals surface area contributed by atoms with Gasteiger partial charge in [-0.05, 0) is 32.9 Å². The number of nitrogens with one attached hydrogen (secondary N) is 1. The minimum atomic E-state index is -0.199. The standard InChI is InChI=1S/C17H20ClN3O2/c1-10(16-11(2)19-20-12(16)3)17(22)21-8-13(9-21)23-15-7-5-4-6-14(15)18/h4-7,10,13H,8-9H2,1-3H3,(H,19,20). The molecule has 122 valence electrons. The fourth-order valence-corrected chi connectivity index (χ4v) is 3.19. The number of aromatic amines is 1. The molecule has 1 aromatic carbocycles. The summed E-state index contributed by atoms with van der Waals surface area (Å²) in [5, 5.41) is 7.70. The van der Waals surface area contributed by atoms with Crippen LogP contribution in [0.5, 0.6) is 5.75 Å². The summed E-state index contributed by atoms with van der Waals surface area (Å²) in [5.74, 6) is 0.576. The molecule has 2 aromatic rings. The van der Waals surface area contributed by atoms with Crippen molar-refractivity contribution in [1.82, 2.24) is 15.1 Å². The van der Waals surface area contributed by atoms with E-state index in [1.54, 1.807) is 6.07 Å². The van der Waals surface area contributed by atoms with Crippen LogP contribution in [0, 0.1) is 13.8 Å². The number of carbonyl (C=O) groups excluding carboxylic acids is 1. The molecular weight excluding hydrogens is 314 g/mol. The number of H-pyrrole nitrogens is 1. The maximum Gasteiger partial charge on any atom is 0.230 e. The van der Waals surface area contributed by atoms with Crippen LogP contribution in [-0.4, -0.2) is 40.2 Å². The summed E-state index contributed by atoms with van der Waals surface area (Å²) in [5.41, 5.74) is 2.82. The quantitative estimate of drug-likeness (QED) is 0.935. The summed E-state index contributed by atoms with van der Waals surface area (Å²) in [4.78, 5) is 14.4. The van der Waals surface area contributed by atoms with Crippen LogP contribution in [-0.2, 0) is 4.79 Å². The van der Waals surface area contributed by atoms with E-state index in [1.165, 1.54) is 0 Å². The van der Waals surface area contributed by atoms with Gasteiger partial charge in [0.25, 0.3) is 0 Å². The molecule has 0 bridgehead atoms. The number of likely N-dealkylation sites (tertiary alicyclic amines) is 1. The third-order valence-electron chi connectivity index (χ3n) is 4.28. The highest BCUT2D eigenvalue weighted by atomic mass is 35.5. The van der Waals surface area contributed by atoms with Gasteiger partial charge in [0.1, 0.15) is 11.9 Å². The number of benzene rings is 1. The minimum absolute atomic E-state index is 0.00223. The highest BCUT2D eigenvalue weighted by Crippen LogP contribution is 2.29. The predicted octanol–water partition coefficient (Wildman–Crippen LogP) is 3.07. The fraction of sp³-hybridized carbons (Fsp3) is 0.412. The smallest absolute Gasteiger partial charge is 0.230 e. The number of aromatic nitrogens is 2. The van der Waals surface area contributed by atoms with Crippen LogP contribution in [0.25, 0.3) is 0 Å². The Balaban J connectivity index is 1.59. The number of hydrogen-bond acceptors (Lipinski definition) is 3. The van der Waals surface area contributed by atoms with E-state index in [4.69, 9.17) is 16.3 Å². The Hall–Kier alpha value is -2.01. The summed E-state index contributed by atoms with van der Waals surface area (Å²) in [7, 11) is 0. The van der Waals surface area contributed by atoms with Crippen LogP contribution >= 0.6 is 11.6 Å². The van der Waals surface area contributed by atoms with Crippen LogP contribution in [0.4, 0.5) is 0 Å². The van der Waals surface area contributed by atoms with Gasteiger partial charge < -0.3 is 9.64 Å². The lowest BCUT2D eigenvalue weighted by Crippen LogP contribution is -2.57. The Morgan fingerprint density at radius 1 is 1.39 bits per heavy atom. The van der Waals surface area contributed by atoms with Gasteiger partial charge in [0, 0.05) is 11.3 Å². The number of carbonyl (C=O) groups is 1. The molecule has 1 fully saturated rings. The van der Waals surface area contributed by atoms with Crippen molar-refractivity contribution in [3.63, 3.8) is 0 Å². The van der Waals surface area contributed by atoms with Gasteiger partial charge in [-0.25, -0.2) is 0 Å². The van der Waals surface area contributed by atoms with E-state index in [1.807, 2.05) is 43.9 Å². The SMILES string of the molecule is Cc1n[nH]c(C)c1C(C)C(=O)N1CC(Oc2ccccc2Cl)C1. The van der Waals surface area contributed by atoms with Crippen molar-refractivity contribution in [2.24, 2.45) is 0 Å². The van der Waals surface area contributed by atoms with Gasteiger partial charge in [-0.3, -0.25) is 9.89 Å². The maximum absolute atomic E-state index is 12.6. The lowest BCUT2D eigenvalue weighted by Gasteiger charge is -2.40. The topological polar surface area (TPSA) is 58.2 Å². The van der Waals surface area contributed by atoms with Gasteiger partial charge in [-0.2, -0.15) is 5.10 Å². The van der Waals surface area contributed by atoms with Gasteiger partial charge in [0.05, 0.1) is 29.7 Å². The fourth-order valence-electron chi connectivity index (χ4n) is 3.01. The summed E-state index contributed by atoms with van der Waals surface area (Å²) < 4.78 is 5.84. The molecule has 0 aliphatic carbocycles. The molecule has 3 rings (SSSR count). The monoisotopic (exact) mass is 333 g/mol. The lowest BCUT2D eigenvalue weighted by molar-refractivity contribution is -0.141. The number of para-hydroxylation sites is 1. The first-order valence-electron chi connectivity index (χ1n) is 7.68. The van der Waals surface area contributed by atoms with Crippen LogP contribution in [0.15, 0.2) is 24.3 Å². The van der Waals surface area contributed by atoms with Gasteiger partial charge in [-0.15, -0.1) is 0 Å². The van der Waals surface area contributed by atoms with E-state index in [2.05, 4.69) is 10.2 Å². The molecule has 23 heavy (non-hydrogen) atoms. The Morgan fingerprint density at radius 3 is 2.70 bits per heavy atom. The molecule has 1 aliphatic rings. The molecule has 0 spiro atoms. The summed E-state index contributed by atoms with van der Waals surface area (Å²) in [6.07, 6.45) is -0.00223. The largest absolute Gasteiger partial charge is 0.485 e. The molecule has 2 heterocycles. The molecule has 6 heteroatoms. The van der Waals surface area contributed by atoms with Gasteiger partial charge >= 0.3 is 0 Å². The van der Waals surface area contributed by atoms with Gasteiger partial charge in [0.15, 0.2) is 0 Å². The predicted molar refractivity (Wildman–Crippen MR) is 88.9 cm³/mol. The second-order valence-electron chi connectivity index (χ2n) is 5.98. The molecule has 1 aromatic heterocycles. The molecule has 0 saturated carbocycles. The van der Waals surface area contributed by atoms with Gasteiger partial charge in [0.2, 0.25) is 5.91 Å². The number of amides is 1. The second-order valence-corrected chi connectivity index (χ2v) is 6.39. The van der Waals surface area contributed by atoms with Gasteiger partial charge in [-0.1, -0.05) is 23.7 Å². The van der Waals surface area contributed by atoms with Crippen molar-refractivity contribution >= 4 is 17.5 Å². The zero-order chi connectivity index (χ0) is 16.6. The van der Waals surface area contributed by atoms with Crippen molar-refractivity contribution in [2.45, 2.75) is 32.8 Å². The molecule has 1 amide bonds. The third kappa shape index (κ3) is 3.06. The lowest BCUT2D eigenvalue weighted by atomic mass is 9.96. The summed E-state index contributed by atoms with van der Waals surface area (Å²) in [6.45, 7) is 6.96. The first-order valence-corrected chi connectivity index (χ1v) is 8.06. The van der Waals surface area contributed by atoms with E-state index in [0.29, 0.717) is 23.9 Å². The highest BCUT2D eigenvalue weighted by Gasteiger charge is 2.36. The Morgan fingerprint density at radius 2 is 2.09 bits per heavy atom. The molecule has 1 N–H and O–H groups in total. The zero-order valence-corrected chi connectivity index (χ0v) is 14.2. The number of hydrogen-bond donors (Lipinski definition) is 1. The van der Waals surface area contributed by atoms with Crippen LogP contribution in [0.2, 0.25) is 5.02 Å². The normalized spacial score (nSPS) is 16.1. The number of aryl methyl sites for hydroxylation is 2. The Labute approximate surface area is 140 Å². The van der Waals surface area contributed by atoms with Crippen molar-refractivity contribution in [3.8, 4) is 5.75 Å². The van der Waals surface area contributed by atoms with E-state index in [-0.39, 0.29) is 17.9 Å². The number of nitrogens with zero attached hydrogens (tertiary/aromatic N) is 2. The minimum Gasteiger partial charge on any atom is -0.485 e. The summed E-state index contributed by atoms with van der Waals surface area (Å²) in [6, 6.07) is 7.39. The van der Waals surface area contributed by atoms with E-state index in [0.717, 1.165) is 17.0 Å². The second kappa shape index (κ2) is 6.24. The number of halogens is 1. The van der Waals surface area contributed by atoms with Crippen LogP contribution in [0.1, 0.15) is 29.8 Å². The molecule has 5 nitrogen and oxygen atoms in total. The van der Waals surface area contributed by atoms with E-state index < -0.39 is 0 Å². The Bertz CT molecular complexity index is 703. The average Bonchev–Trinajstić information content (AvgIpc) is 2.82. The molecule has 0 radical (unpaired) electrons. The number of rotatable bonds is 4. The van der Waals surface area contributed by atoms with Crippen LogP contribution < -0.4 is 4.74 Å². The van der Waals surface area contributed by atoms with Crippen LogP contribution in [0.3, 0.4) is 0 Å². The molecular formula is C17H20ClN3O2. The van der Waals surface area contributed by atoms with E-state index >= 15 is 0 Å². The number of ether oxygens (including phenoxy) is 1. The van der Waals surface area contributed by atoms with Crippen molar-refractivity contribution in [1.29, 1.82) is 0 Å². The summed E-state index contributed by atoms with van der Waals surface area (Å²) >= 11 is 6.09. The van der Waals surface area contributed by atoms with E-state index in [9.17, 15) is 4.79 Å². The maximum atomic E-state index is 12.6. The zero-order valence-electron chi connectivity index (χ0n) is 13.5. The molecule has 1 saturated heterocycles. The van der Waals surface area contributed by atoms with Crippen molar-refractivity contribution in [3.05, 3.63) is 46.2 Å². The molecule has 1 unspecified atom stereocenters.